The molecule has 2 N–H and O–H groups in total. The van der Waals surface area contributed by atoms with Gasteiger partial charge in [-0.05, 0) is 61.4 Å². The molecule has 0 spiro atoms. The van der Waals surface area contributed by atoms with E-state index in [2.05, 4.69) is 10.2 Å². The maximum atomic E-state index is 13.7. The van der Waals surface area contributed by atoms with Gasteiger partial charge in [0.25, 0.3) is 11.8 Å². The van der Waals surface area contributed by atoms with Gasteiger partial charge in [-0.3, -0.25) is 28.9 Å². The second kappa shape index (κ2) is 14.0. The first kappa shape index (κ1) is 31.7. The molecule has 4 aromatic rings. The van der Waals surface area contributed by atoms with E-state index in [4.69, 9.17) is 0 Å². The number of nitrogens with zero attached hydrogens (tertiary/aromatic N) is 2. The summed E-state index contributed by atoms with van der Waals surface area (Å²) in [6.07, 6.45) is 3.35. The highest BCUT2D eigenvalue weighted by molar-refractivity contribution is 6.27. The largest absolute Gasteiger partial charge is 0.481 e. The molecule has 9 heteroatoms. The highest BCUT2D eigenvalue weighted by Gasteiger charge is 2.36. The summed E-state index contributed by atoms with van der Waals surface area (Å²) in [6, 6.07) is 26.2. The van der Waals surface area contributed by atoms with E-state index in [1.807, 2.05) is 72.8 Å². The zero-order chi connectivity index (χ0) is 32.9. The number of imide groups is 1. The van der Waals surface area contributed by atoms with Gasteiger partial charge in [0.15, 0.2) is 5.78 Å². The number of anilines is 1. The van der Waals surface area contributed by atoms with E-state index in [9.17, 15) is 29.1 Å². The highest BCUT2D eigenvalue weighted by Crippen LogP contribution is 2.36. The molecule has 1 fully saturated rings. The van der Waals surface area contributed by atoms with Crippen molar-refractivity contribution in [2.75, 3.05) is 24.5 Å². The fourth-order valence-electron chi connectivity index (χ4n) is 6.69. The molecule has 9 nitrogen and oxygen atoms in total. The van der Waals surface area contributed by atoms with Crippen LogP contribution in [0.5, 0.6) is 0 Å². The number of Topliss-reactive ketones (excluding diaryl/α,β-unsaturated/α-hetero) is 1. The average Bonchev–Trinajstić information content (AvgIpc) is 3.09. The van der Waals surface area contributed by atoms with Gasteiger partial charge in [-0.15, -0.1) is 0 Å². The van der Waals surface area contributed by atoms with Crippen molar-refractivity contribution in [1.82, 2.24) is 10.2 Å². The van der Waals surface area contributed by atoms with Gasteiger partial charge in [-0.2, -0.15) is 0 Å². The topological polar surface area (TPSA) is 124 Å². The van der Waals surface area contributed by atoms with E-state index >= 15 is 0 Å². The lowest BCUT2D eigenvalue weighted by molar-refractivity contribution is -0.144. The minimum absolute atomic E-state index is 0.131. The number of piperidine rings is 1. The van der Waals surface area contributed by atoms with Crippen LogP contribution in [0, 0.1) is 5.92 Å². The Bertz CT molecular complexity index is 1800. The Morgan fingerprint density at radius 1 is 0.723 bits per heavy atom. The van der Waals surface area contributed by atoms with Crippen molar-refractivity contribution >= 4 is 45.9 Å². The SMILES string of the molecule is O=C(CN1C(=O)c2cccc3c(N4CCCCC4)ccc(c23)C1=O)NC(Cc1ccccc1)C(=O)CC(Cc1ccccc1)C(=O)O. The number of amides is 3. The van der Waals surface area contributed by atoms with Crippen molar-refractivity contribution in [2.45, 2.75) is 44.6 Å². The molecule has 4 aromatic carbocycles. The molecule has 2 atom stereocenters. The molecular formula is C38H37N3O6. The van der Waals surface area contributed by atoms with Crippen molar-refractivity contribution < 1.29 is 29.1 Å². The van der Waals surface area contributed by atoms with Gasteiger partial charge in [0.05, 0.1) is 12.0 Å². The molecule has 0 saturated carbocycles. The molecule has 2 unspecified atom stereocenters. The highest BCUT2D eigenvalue weighted by atomic mass is 16.4. The third-order valence-corrected chi connectivity index (χ3v) is 9.10. The van der Waals surface area contributed by atoms with E-state index in [1.54, 1.807) is 18.2 Å². The van der Waals surface area contributed by atoms with Crippen molar-refractivity contribution in [1.29, 1.82) is 0 Å². The number of hydrogen-bond acceptors (Lipinski definition) is 6. The minimum Gasteiger partial charge on any atom is -0.481 e. The van der Waals surface area contributed by atoms with Gasteiger partial charge >= 0.3 is 5.97 Å². The van der Waals surface area contributed by atoms with E-state index in [0.29, 0.717) is 16.5 Å². The molecule has 6 rings (SSSR count). The van der Waals surface area contributed by atoms with Gasteiger partial charge in [0.1, 0.15) is 6.54 Å². The predicted octanol–water partition coefficient (Wildman–Crippen LogP) is 5.06. The van der Waals surface area contributed by atoms with E-state index in [-0.39, 0.29) is 19.3 Å². The number of benzene rings is 4. The summed E-state index contributed by atoms with van der Waals surface area (Å²) in [5.41, 5.74) is 3.26. The lowest BCUT2D eigenvalue weighted by Gasteiger charge is -2.32. The third kappa shape index (κ3) is 6.94. The molecule has 2 aliphatic heterocycles. The number of carbonyl (C=O) groups is 5. The number of aliphatic carboxylic acids is 1. The lowest BCUT2D eigenvalue weighted by Crippen LogP contribution is -2.50. The lowest BCUT2D eigenvalue weighted by atomic mass is 9.90. The fraction of sp³-hybridized carbons (Fsp3) is 0.289. The average molecular weight is 632 g/mol. The molecule has 3 amide bonds. The van der Waals surface area contributed by atoms with Crippen molar-refractivity contribution in [2.24, 2.45) is 5.92 Å². The van der Waals surface area contributed by atoms with Crippen LogP contribution in [-0.2, 0) is 27.2 Å². The van der Waals surface area contributed by atoms with Crippen LogP contribution in [0.3, 0.4) is 0 Å². The van der Waals surface area contributed by atoms with Crippen LogP contribution < -0.4 is 10.2 Å². The first-order chi connectivity index (χ1) is 22.8. The van der Waals surface area contributed by atoms with Crippen LogP contribution in [-0.4, -0.2) is 65.2 Å². The van der Waals surface area contributed by atoms with Gasteiger partial charge in [-0.1, -0.05) is 72.8 Å². The summed E-state index contributed by atoms with van der Waals surface area (Å²) in [5.74, 6) is -4.36. The van der Waals surface area contributed by atoms with Crippen LogP contribution >= 0.6 is 0 Å². The second-order valence-corrected chi connectivity index (χ2v) is 12.3. The molecular weight excluding hydrogens is 594 g/mol. The molecule has 0 aromatic heterocycles. The third-order valence-electron chi connectivity index (χ3n) is 9.10. The number of hydrogen-bond donors (Lipinski definition) is 2. The normalized spacial score (nSPS) is 15.7. The maximum absolute atomic E-state index is 13.7. The number of nitrogens with one attached hydrogen (secondary N) is 1. The smallest absolute Gasteiger partial charge is 0.307 e. The Balaban J connectivity index is 1.21. The quantitative estimate of drug-likeness (QED) is 0.210. The molecule has 0 radical (unpaired) electrons. The van der Waals surface area contributed by atoms with Crippen LogP contribution in [0.1, 0.15) is 57.5 Å². The molecule has 0 bridgehead atoms. The Hall–Kier alpha value is -5.31. The predicted molar refractivity (Wildman–Crippen MR) is 178 cm³/mol. The van der Waals surface area contributed by atoms with Crippen molar-refractivity contribution in [3.8, 4) is 0 Å². The molecule has 240 valence electrons. The van der Waals surface area contributed by atoms with Crippen molar-refractivity contribution in [3.05, 3.63) is 113 Å². The number of ketones is 1. The van der Waals surface area contributed by atoms with E-state index in [1.165, 1.54) is 6.42 Å². The Kier molecular flexibility index (Phi) is 9.42. The summed E-state index contributed by atoms with van der Waals surface area (Å²) in [4.78, 5) is 69.9. The fourth-order valence-corrected chi connectivity index (χ4v) is 6.69. The number of rotatable bonds is 12. The zero-order valence-electron chi connectivity index (χ0n) is 26.1. The summed E-state index contributed by atoms with van der Waals surface area (Å²) >= 11 is 0. The number of carboxylic acids is 1. The first-order valence-electron chi connectivity index (χ1n) is 16.1. The second-order valence-electron chi connectivity index (χ2n) is 12.3. The summed E-state index contributed by atoms with van der Waals surface area (Å²) < 4.78 is 0. The van der Waals surface area contributed by atoms with Crippen LogP contribution in [0.25, 0.3) is 10.8 Å². The zero-order valence-corrected chi connectivity index (χ0v) is 26.1. The standard InChI is InChI=1S/C38H37N3O6/c42-33(23-27(38(46)47)21-25-11-4-1-5-12-25)31(22-26-13-6-2-7-14-26)39-34(43)24-41-36(44)29-16-10-15-28-32(40-19-8-3-9-20-40)18-17-30(35(28)29)37(41)45/h1-2,4-7,10-18,27,31H,3,8-9,19-24H2,(H,39,43)(H,46,47). The number of carbonyl (C=O) groups excluding carboxylic acids is 4. The molecule has 47 heavy (non-hydrogen) atoms. The summed E-state index contributed by atoms with van der Waals surface area (Å²) in [6.45, 7) is 1.25. The maximum Gasteiger partial charge on any atom is 0.307 e. The summed E-state index contributed by atoms with van der Waals surface area (Å²) in [7, 11) is 0. The van der Waals surface area contributed by atoms with Crippen molar-refractivity contribution in [3.63, 3.8) is 0 Å². The molecule has 2 heterocycles. The summed E-state index contributed by atoms with van der Waals surface area (Å²) in [5, 5.41) is 14.1. The monoisotopic (exact) mass is 631 g/mol. The Labute approximate surface area is 273 Å². The first-order valence-corrected chi connectivity index (χ1v) is 16.1. The van der Waals surface area contributed by atoms with Gasteiger partial charge < -0.3 is 15.3 Å². The molecule has 2 aliphatic rings. The Morgan fingerprint density at radius 3 is 1.98 bits per heavy atom. The van der Waals surface area contributed by atoms with Crippen LogP contribution in [0.4, 0.5) is 5.69 Å². The molecule has 1 saturated heterocycles. The van der Waals surface area contributed by atoms with E-state index < -0.39 is 48.0 Å². The van der Waals surface area contributed by atoms with E-state index in [0.717, 1.165) is 53.0 Å². The minimum atomic E-state index is -1.10. The Morgan fingerprint density at radius 2 is 1.34 bits per heavy atom. The van der Waals surface area contributed by atoms with Crippen LogP contribution in [0.15, 0.2) is 91.0 Å². The molecule has 0 aliphatic carbocycles. The van der Waals surface area contributed by atoms with Gasteiger partial charge in [-0.25, -0.2) is 0 Å². The number of carboxylic acid groups (broad SMARTS) is 1. The van der Waals surface area contributed by atoms with Gasteiger partial charge in [0.2, 0.25) is 5.91 Å². The van der Waals surface area contributed by atoms with Crippen LogP contribution in [0.2, 0.25) is 0 Å². The van der Waals surface area contributed by atoms with Gasteiger partial charge in [0, 0.05) is 47.1 Å².